The fraction of sp³-hybridized carbons (Fsp3) is 0.500. The van der Waals surface area contributed by atoms with Gasteiger partial charge in [-0.3, -0.25) is 9.69 Å². The second-order valence-electron chi connectivity index (χ2n) is 5.61. The van der Waals surface area contributed by atoms with Crippen LogP contribution in [-0.2, 0) is 10.3 Å². The second-order valence-corrected chi connectivity index (χ2v) is 6.01. The van der Waals surface area contributed by atoms with Gasteiger partial charge in [0.2, 0.25) is 0 Å². The predicted molar refractivity (Wildman–Crippen MR) is 86.7 cm³/mol. The number of nitrogens with two attached hydrogens (primary N) is 1. The van der Waals surface area contributed by atoms with Crippen molar-refractivity contribution in [2.24, 2.45) is 5.73 Å². The Labute approximate surface area is 135 Å². The number of urea groups is 1. The largest absolute Gasteiger partial charge is 0.330 e. The molecule has 1 saturated heterocycles. The molecule has 3 amide bonds. The minimum Gasteiger partial charge on any atom is -0.330 e. The Morgan fingerprint density at radius 2 is 2.05 bits per heavy atom. The minimum absolute atomic E-state index is 0.196. The third-order valence-corrected chi connectivity index (χ3v) is 4.62. The number of nitrogens with zero attached hydrogens (tertiary/aromatic N) is 1. The summed E-state index contributed by atoms with van der Waals surface area (Å²) in [6.07, 6.45) is 2.00. The molecule has 3 N–H and O–H groups in total. The quantitative estimate of drug-likeness (QED) is 0.624. The van der Waals surface area contributed by atoms with Crippen molar-refractivity contribution in [1.29, 1.82) is 0 Å². The van der Waals surface area contributed by atoms with Gasteiger partial charge in [-0.05, 0) is 49.9 Å². The van der Waals surface area contributed by atoms with E-state index in [9.17, 15) is 9.59 Å². The van der Waals surface area contributed by atoms with Crippen LogP contribution in [0, 0.1) is 6.92 Å². The van der Waals surface area contributed by atoms with E-state index in [1.54, 1.807) is 12.1 Å². The number of benzene rings is 1. The van der Waals surface area contributed by atoms with Crippen molar-refractivity contribution in [3.63, 3.8) is 0 Å². The molecule has 1 atom stereocenters. The van der Waals surface area contributed by atoms with Crippen molar-refractivity contribution in [2.75, 3.05) is 13.1 Å². The number of halogens is 1. The first-order valence-corrected chi connectivity index (χ1v) is 7.95. The highest BCUT2D eigenvalue weighted by atomic mass is 35.5. The minimum atomic E-state index is -0.991. The Hall–Kier alpha value is -1.59. The van der Waals surface area contributed by atoms with Gasteiger partial charge in [0.05, 0.1) is 0 Å². The molecule has 1 aromatic rings. The van der Waals surface area contributed by atoms with Crippen LogP contribution in [0.25, 0.3) is 0 Å². The third-order valence-electron chi connectivity index (χ3n) is 4.19. The molecular weight excluding hydrogens is 302 g/mol. The summed E-state index contributed by atoms with van der Waals surface area (Å²) in [5, 5.41) is 3.51. The van der Waals surface area contributed by atoms with E-state index in [2.05, 4.69) is 5.32 Å². The number of carbonyl (C=O) groups excluding carboxylic acids is 2. The number of unbranched alkanes of at least 4 members (excludes halogenated alkanes) is 1. The Bertz CT molecular complexity index is 591. The first-order chi connectivity index (χ1) is 10.5. The van der Waals surface area contributed by atoms with Gasteiger partial charge in [-0.2, -0.15) is 0 Å². The van der Waals surface area contributed by atoms with Gasteiger partial charge in [-0.25, -0.2) is 4.79 Å². The number of rotatable bonds is 6. The molecule has 2 rings (SSSR count). The van der Waals surface area contributed by atoms with Crippen LogP contribution in [0.3, 0.4) is 0 Å². The number of aryl methyl sites for hydroxylation is 1. The highest BCUT2D eigenvalue weighted by molar-refractivity contribution is 6.31. The first-order valence-electron chi connectivity index (χ1n) is 7.57. The summed E-state index contributed by atoms with van der Waals surface area (Å²) in [5.74, 6) is -0.196. The highest BCUT2D eigenvalue weighted by Crippen LogP contribution is 2.34. The maximum Gasteiger partial charge on any atom is 0.325 e. The monoisotopic (exact) mass is 323 g/mol. The summed E-state index contributed by atoms with van der Waals surface area (Å²) in [7, 11) is 0. The molecule has 0 bridgehead atoms. The molecule has 120 valence electrons. The van der Waals surface area contributed by atoms with E-state index in [0.29, 0.717) is 24.5 Å². The zero-order valence-corrected chi connectivity index (χ0v) is 13.7. The lowest BCUT2D eigenvalue weighted by Crippen LogP contribution is -2.43. The first kappa shape index (κ1) is 16.8. The number of carbonyl (C=O) groups is 2. The van der Waals surface area contributed by atoms with Crippen molar-refractivity contribution < 1.29 is 9.59 Å². The Kier molecular flexibility index (Phi) is 5.08. The molecule has 0 radical (unpaired) electrons. The van der Waals surface area contributed by atoms with E-state index in [-0.39, 0.29) is 11.9 Å². The van der Waals surface area contributed by atoms with Crippen molar-refractivity contribution >= 4 is 23.5 Å². The Morgan fingerprint density at radius 1 is 1.32 bits per heavy atom. The van der Waals surface area contributed by atoms with Crippen LogP contribution in [-0.4, -0.2) is 29.9 Å². The average molecular weight is 324 g/mol. The summed E-state index contributed by atoms with van der Waals surface area (Å²) in [6.45, 7) is 4.73. The molecule has 0 spiro atoms. The lowest BCUT2D eigenvalue weighted by molar-refractivity contribution is -0.131. The number of nitrogens with one attached hydrogen (secondary N) is 1. The number of hydrogen-bond donors (Lipinski definition) is 2. The maximum atomic E-state index is 12.8. The summed E-state index contributed by atoms with van der Waals surface area (Å²) in [5.41, 5.74) is 6.14. The molecule has 1 aliphatic rings. The van der Waals surface area contributed by atoms with E-state index >= 15 is 0 Å². The topological polar surface area (TPSA) is 75.4 Å². The van der Waals surface area contributed by atoms with Crippen LogP contribution in [0.5, 0.6) is 0 Å². The summed E-state index contributed by atoms with van der Waals surface area (Å²) < 4.78 is 0. The van der Waals surface area contributed by atoms with Gasteiger partial charge in [0.15, 0.2) is 0 Å². The predicted octanol–water partition coefficient (Wildman–Crippen LogP) is 2.54. The van der Waals surface area contributed by atoms with Crippen LogP contribution in [0.1, 0.15) is 37.3 Å². The van der Waals surface area contributed by atoms with Crippen molar-refractivity contribution in [2.45, 2.75) is 38.6 Å². The van der Waals surface area contributed by atoms with Gasteiger partial charge in [-0.15, -0.1) is 0 Å². The van der Waals surface area contributed by atoms with Crippen LogP contribution >= 0.6 is 11.6 Å². The molecule has 0 saturated carbocycles. The van der Waals surface area contributed by atoms with Gasteiger partial charge in [0, 0.05) is 11.6 Å². The standard InChI is InChI=1S/C16H22ClN3O2/c1-3-16(12-6-7-13(17)11(2)10-12)14(21)20(15(22)19-16)9-5-4-8-18/h6-7,10H,3-5,8-9,18H2,1-2H3,(H,19,22). The van der Waals surface area contributed by atoms with E-state index in [0.717, 1.165) is 24.0 Å². The number of imide groups is 1. The average Bonchev–Trinajstić information content (AvgIpc) is 2.75. The smallest absolute Gasteiger partial charge is 0.325 e. The van der Waals surface area contributed by atoms with Crippen LogP contribution < -0.4 is 11.1 Å². The van der Waals surface area contributed by atoms with Crippen LogP contribution in [0.2, 0.25) is 5.02 Å². The lowest BCUT2D eigenvalue weighted by Gasteiger charge is -2.26. The van der Waals surface area contributed by atoms with Crippen LogP contribution in [0.15, 0.2) is 18.2 Å². The van der Waals surface area contributed by atoms with Crippen molar-refractivity contribution in [1.82, 2.24) is 10.2 Å². The molecule has 6 heteroatoms. The molecule has 5 nitrogen and oxygen atoms in total. The molecule has 1 aromatic carbocycles. The molecule has 1 fully saturated rings. The Morgan fingerprint density at radius 3 is 2.64 bits per heavy atom. The van der Waals surface area contributed by atoms with Crippen molar-refractivity contribution in [3.8, 4) is 0 Å². The van der Waals surface area contributed by atoms with Gasteiger partial charge in [0.1, 0.15) is 5.54 Å². The molecule has 1 aliphatic heterocycles. The molecule has 1 heterocycles. The Balaban J connectivity index is 2.32. The molecule has 22 heavy (non-hydrogen) atoms. The zero-order chi connectivity index (χ0) is 16.3. The van der Waals surface area contributed by atoms with E-state index < -0.39 is 5.54 Å². The van der Waals surface area contributed by atoms with E-state index in [1.807, 2.05) is 19.9 Å². The molecule has 0 aromatic heterocycles. The summed E-state index contributed by atoms with van der Waals surface area (Å²) in [6, 6.07) is 5.10. The summed E-state index contributed by atoms with van der Waals surface area (Å²) in [4.78, 5) is 26.3. The lowest BCUT2D eigenvalue weighted by atomic mass is 9.86. The van der Waals surface area contributed by atoms with Gasteiger partial charge in [0.25, 0.3) is 5.91 Å². The van der Waals surface area contributed by atoms with E-state index in [1.165, 1.54) is 4.90 Å². The normalized spacial score (nSPS) is 21.4. The highest BCUT2D eigenvalue weighted by Gasteiger charge is 2.50. The SMILES string of the molecule is CCC1(c2ccc(Cl)c(C)c2)NC(=O)N(CCCCN)C1=O. The maximum absolute atomic E-state index is 12.8. The molecule has 1 unspecified atom stereocenters. The van der Waals surface area contributed by atoms with Gasteiger partial charge in [-0.1, -0.05) is 30.7 Å². The van der Waals surface area contributed by atoms with Gasteiger partial charge >= 0.3 is 6.03 Å². The van der Waals surface area contributed by atoms with Crippen LogP contribution in [0.4, 0.5) is 4.79 Å². The molecule has 0 aliphatic carbocycles. The van der Waals surface area contributed by atoms with Gasteiger partial charge < -0.3 is 11.1 Å². The summed E-state index contributed by atoms with van der Waals surface area (Å²) >= 11 is 6.06. The fourth-order valence-corrected chi connectivity index (χ4v) is 2.91. The molecular formula is C16H22ClN3O2. The van der Waals surface area contributed by atoms with Crippen molar-refractivity contribution in [3.05, 3.63) is 34.3 Å². The second kappa shape index (κ2) is 6.67. The number of hydrogen-bond acceptors (Lipinski definition) is 3. The zero-order valence-electron chi connectivity index (χ0n) is 13.0. The fourth-order valence-electron chi connectivity index (χ4n) is 2.79. The number of amides is 3. The van der Waals surface area contributed by atoms with E-state index in [4.69, 9.17) is 17.3 Å². The third kappa shape index (κ3) is 2.83.